The Balaban J connectivity index is 2.04. The van der Waals surface area contributed by atoms with Gasteiger partial charge in [-0.25, -0.2) is 0 Å². The van der Waals surface area contributed by atoms with Crippen LogP contribution in [0.4, 0.5) is 0 Å². The first-order valence-electron chi connectivity index (χ1n) is 6.52. The van der Waals surface area contributed by atoms with Crippen LogP contribution < -0.4 is 0 Å². The van der Waals surface area contributed by atoms with Gasteiger partial charge < -0.3 is 5.21 Å². The van der Waals surface area contributed by atoms with E-state index in [0.29, 0.717) is 12.1 Å². The SMILES string of the molecule is O=S1C2CCCCCCCCC/C(=N\O)C21Cl. The zero-order chi connectivity index (χ0) is 12.3. The molecule has 1 aliphatic carbocycles. The van der Waals surface area contributed by atoms with Gasteiger partial charge in [-0.05, 0) is 19.3 Å². The number of alkyl halides is 1. The molecular weight excluding hydrogens is 258 g/mol. The highest BCUT2D eigenvalue weighted by Crippen LogP contribution is 2.50. The van der Waals surface area contributed by atoms with Gasteiger partial charge in [0.05, 0.1) is 21.8 Å². The van der Waals surface area contributed by atoms with Gasteiger partial charge in [-0.3, -0.25) is 4.21 Å². The van der Waals surface area contributed by atoms with E-state index in [4.69, 9.17) is 16.8 Å². The van der Waals surface area contributed by atoms with Gasteiger partial charge in [0.25, 0.3) is 0 Å². The molecule has 0 spiro atoms. The van der Waals surface area contributed by atoms with Crippen LogP contribution in [0.1, 0.15) is 57.8 Å². The topological polar surface area (TPSA) is 49.7 Å². The molecule has 98 valence electrons. The van der Waals surface area contributed by atoms with Gasteiger partial charge in [0.15, 0.2) is 4.21 Å². The van der Waals surface area contributed by atoms with Gasteiger partial charge in [0.1, 0.15) is 0 Å². The van der Waals surface area contributed by atoms with Crippen LogP contribution in [0.3, 0.4) is 0 Å². The van der Waals surface area contributed by atoms with Crippen molar-refractivity contribution in [3.63, 3.8) is 0 Å². The molecule has 0 aromatic rings. The standard InChI is InChI=1S/C12H20ClNO2S/c13-12-10(14-15)8-6-4-2-1-3-5-7-9-11(12)17(12)16/h11,15H,1-9H2/b14-10+. The summed E-state index contributed by atoms with van der Waals surface area (Å²) in [6, 6.07) is 0. The summed E-state index contributed by atoms with van der Waals surface area (Å²) in [5.41, 5.74) is 0.545. The minimum Gasteiger partial charge on any atom is -0.411 e. The predicted molar refractivity (Wildman–Crippen MR) is 71.3 cm³/mol. The lowest BCUT2D eigenvalue weighted by Crippen LogP contribution is -2.21. The highest BCUT2D eigenvalue weighted by atomic mass is 35.5. The molecular formula is C12H20ClNO2S. The van der Waals surface area contributed by atoms with Crippen molar-refractivity contribution >= 4 is 28.1 Å². The number of hydrogen-bond donors (Lipinski definition) is 1. The highest BCUT2D eigenvalue weighted by Gasteiger charge is 2.65. The van der Waals surface area contributed by atoms with E-state index < -0.39 is 15.0 Å². The molecule has 1 N–H and O–H groups in total. The molecule has 0 aromatic carbocycles. The summed E-state index contributed by atoms with van der Waals surface area (Å²) in [7, 11) is -1.04. The Labute approximate surface area is 110 Å². The maximum atomic E-state index is 11.9. The number of oxime groups is 1. The number of halogens is 1. The van der Waals surface area contributed by atoms with Crippen LogP contribution in [0.25, 0.3) is 0 Å². The van der Waals surface area contributed by atoms with Crippen molar-refractivity contribution in [3.8, 4) is 0 Å². The van der Waals surface area contributed by atoms with E-state index in [1.54, 1.807) is 0 Å². The van der Waals surface area contributed by atoms with Crippen molar-refractivity contribution in [1.29, 1.82) is 0 Å². The molecule has 1 heterocycles. The fourth-order valence-electron chi connectivity index (χ4n) is 2.66. The molecule has 0 radical (unpaired) electrons. The number of rotatable bonds is 0. The molecule has 2 aliphatic rings. The van der Waals surface area contributed by atoms with Gasteiger partial charge in [-0.2, -0.15) is 0 Å². The largest absolute Gasteiger partial charge is 0.411 e. The van der Waals surface area contributed by atoms with Crippen molar-refractivity contribution in [2.75, 3.05) is 0 Å². The molecule has 0 aromatic heterocycles. The lowest BCUT2D eigenvalue weighted by atomic mass is 10.00. The van der Waals surface area contributed by atoms with E-state index in [9.17, 15) is 4.21 Å². The van der Waals surface area contributed by atoms with Crippen LogP contribution in [0.2, 0.25) is 0 Å². The highest BCUT2D eigenvalue weighted by molar-refractivity contribution is 7.97. The molecule has 2 rings (SSSR count). The van der Waals surface area contributed by atoms with Gasteiger partial charge in [0.2, 0.25) is 0 Å². The van der Waals surface area contributed by atoms with Crippen LogP contribution in [0.15, 0.2) is 5.16 Å². The fourth-order valence-corrected chi connectivity index (χ4v) is 5.00. The third kappa shape index (κ3) is 2.68. The minimum atomic E-state index is -1.04. The quantitative estimate of drug-likeness (QED) is 0.319. The van der Waals surface area contributed by atoms with E-state index in [1.165, 1.54) is 25.7 Å². The second kappa shape index (κ2) is 5.70. The summed E-state index contributed by atoms with van der Waals surface area (Å²) in [5, 5.41) is 12.4. The molecule has 2 fully saturated rings. The molecule has 3 nitrogen and oxygen atoms in total. The zero-order valence-electron chi connectivity index (χ0n) is 10.0. The van der Waals surface area contributed by atoms with Crippen LogP contribution in [-0.4, -0.2) is 24.6 Å². The van der Waals surface area contributed by atoms with Gasteiger partial charge in [-0.1, -0.05) is 55.3 Å². The zero-order valence-corrected chi connectivity index (χ0v) is 11.6. The monoisotopic (exact) mass is 277 g/mol. The van der Waals surface area contributed by atoms with Crippen molar-refractivity contribution in [2.24, 2.45) is 5.16 Å². The first-order chi connectivity index (χ1) is 8.21. The predicted octanol–water partition coefficient (Wildman–Crippen LogP) is 3.41. The van der Waals surface area contributed by atoms with E-state index in [2.05, 4.69) is 5.16 Å². The third-order valence-corrected chi connectivity index (χ3v) is 6.83. The van der Waals surface area contributed by atoms with Crippen LogP contribution in [0, 0.1) is 0 Å². The molecule has 1 saturated carbocycles. The summed E-state index contributed by atoms with van der Waals surface area (Å²) in [6.07, 6.45) is 9.79. The van der Waals surface area contributed by atoms with Gasteiger partial charge in [0, 0.05) is 0 Å². The Bertz CT molecular complexity index is 334. The van der Waals surface area contributed by atoms with Crippen molar-refractivity contribution < 1.29 is 9.42 Å². The van der Waals surface area contributed by atoms with Gasteiger partial charge in [-0.15, -0.1) is 0 Å². The summed E-state index contributed by atoms with van der Waals surface area (Å²) in [4.78, 5) is 0. The Morgan fingerprint density at radius 1 is 1.18 bits per heavy atom. The lowest BCUT2D eigenvalue weighted by Gasteiger charge is -2.10. The van der Waals surface area contributed by atoms with E-state index in [1.807, 2.05) is 0 Å². The second-order valence-electron chi connectivity index (χ2n) is 4.99. The third-order valence-electron chi connectivity index (χ3n) is 3.80. The Morgan fingerprint density at radius 2 is 1.76 bits per heavy atom. The fraction of sp³-hybridized carbons (Fsp3) is 0.917. The van der Waals surface area contributed by atoms with E-state index in [-0.39, 0.29) is 5.25 Å². The maximum Gasteiger partial charge on any atom is 0.175 e. The first-order valence-corrected chi connectivity index (χ1v) is 8.11. The molecule has 1 aliphatic heterocycles. The van der Waals surface area contributed by atoms with Crippen molar-refractivity contribution in [3.05, 3.63) is 0 Å². The average molecular weight is 278 g/mol. The minimum absolute atomic E-state index is 0.00879. The van der Waals surface area contributed by atoms with Crippen LogP contribution in [-0.2, 0) is 10.8 Å². The number of nitrogens with zero attached hydrogens (tertiary/aromatic N) is 1. The van der Waals surface area contributed by atoms with Crippen molar-refractivity contribution in [1.82, 2.24) is 0 Å². The van der Waals surface area contributed by atoms with E-state index >= 15 is 0 Å². The van der Waals surface area contributed by atoms with E-state index in [0.717, 1.165) is 25.7 Å². The molecule has 3 unspecified atom stereocenters. The average Bonchev–Trinajstić information content (AvgIpc) is 2.83. The normalized spacial score (nSPS) is 42.3. The molecule has 0 amide bonds. The summed E-state index contributed by atoms with van der Waals surface area (Å²) in [5.74, 6) is 0. The van der Waals surface area contributed by atoms with Gasteiger partial charge >= 0.3 is 0 Å². The first kappa shape index (κ1) is 13.3. The summed E-state index contributed by atoms with van der Waals surface area (Å²) >= 11 is 6.37. The van der Waals surface area contributed by atoms with Crippen LogP contribution in [0.5, 0.6) is 0 Å². The smallest absolute Gasteiger partial charge is 0.175 e. The molecule has 17 heavy (non-hydrogen) atoms. The summed E-state index contributed by atoms with van der Waals surface area (Å²) < 4.78 is 11.1. The maximum absolute atomic E-state index is 11.9. The number of fused-ring (bicyclic) bond motifs is 1. The lowest BCUT2D eigenvalue weighted by molar-refractivity contribution is 0.315. The molecule has 5 heteroatoms. The second-order valence-corrected chi connectivity index (χ2v) is 7.62. The Kier molecular flexibility index (Phi) is 4.47. The number of hydrogen-bond acceptors (Lipinski definition) is 3. The summed E-state index contributed by atoms with van der Waals surface area (Å²) in [6.45, 7) is 0. The Morgan fingerprint density at radius 3 is 2.41 bits per heavy atom. The van der Waals surface area contributed by atoms with Crippen LogP contribution >= 0.6 is 11.6 Å². The molecule has 1 saturated heterocycles. The molecule has 0 bridgehead atoms. The van der Waals surface area contributed by atoms with Crippen molar-refractivity contribution in [2.45, 2.75) is 67.2 Å². The Hall–Kier alpha value is -0.0900. The molecule has 3 atom stereocenters.